The van der Waals surface area contributed by atoms with E-state index in [0.29, 0.717) is 0 Å². The van der Waals surface area contributed by atoms with E-state index in [1.807, 2.05) is 36.9 Å². The molecule has 0 saturated heterocycles. The minimum atomic E-state index is 0.0461. The van der Waals surface area contributed by atoms with Gasteiger partial charge in [0.1, 0.15) is 0 Å². The van der Waals surface area contributed by atoms with E-state index in [2.05, 4.69) is 23.5 Å². The molecule has 1 aliphatic rings. The maximum absolute atomic E-state index is 12.2. The van der Waals surface area contributed by atoms with Gasteiger partial charge in [-0.15, -0.1) is 23.1 Å². The molecule has 1 aromatic carbocycles. The fourth-order valence-corrected chi connectivity index (χ4v) is 4.17. The first-order chi connectivity index (χ1) is 9.24. The summed E-state index contributed by atoms with van der Waals surface area (Å²) >= 11 is 3.42. The second kappa shape index (κ2) is 5.39. The van der Waals surface area contributed by atoms with E-state index < -0.39 is 0 Å². The number of aryl methyl sites for hydroxylation is 1. The minimum absolute atomic E-state index is 0.0461. The summed E-state index contributed by atoms with van der Waals surface area (Å²) in [5.41, 5.74) is 1.25. The van der Waals surface area contributed by atoms with Gasteiger partial charge in [-0.3, -0.25) is 4.79 Å². The average molecular weight is 289 g/mol. The first-order valence-electron chi connectivity index (χ1n) is 6.33. The van der Waals surface area contributed by atoms with Crippen LogP contribution in [-0.2, 0) is 0 Å². The van der Waals surface area contributed by atoms with Crippen LogP contribution in [0, 0.1) is 6.92 Å². The molecule has 98 valence electrons. The zero-order valence-electron chi connectivity index (χ0n) is 10.7. The predicted molar refractivity (Wildman–Crippen MR) is 81.0 cm³/mol. The molecule has 1 unspecified atom stereocenters. The van der Waals surface area contributed by atoms with E-state index >= 15 is 0 Å². The lowest BCUT2D eigenvalue weighted by atomic mass is 10.0. The number of amides is 1. The molecule has 0 fully saturated rings. The van der Waals surface area contributed by atoms with Crippen LogP contribution in [0.25, 0.3) is 0 Å². The lowest BCUT2D eigenvalue weighted by molar-refractivity contribution is 0.0939. The summed E-state index contributed by atoms with van der Waals surface area (Å²) in [7, 11) is 0. The molecule has 0 saturated carbocycles. The van der Waals surface area contributed by atoms with Crippen LogP contribution in [-0.4, -0.2) is 11.7 Å². The predicted octanol–water partition coefficient (Wildman–Crippen LogP) is 4.02. The molecule has 2 heterocycles. The lowest BCUT2D eigenvalue weighted by Gasteiger charge is -2.25. The molecule has 1 N–H and O–H groups in total. The maximum atomic E-state index is 12.2. The SMILES string of the molecule is Cc1ccc(C(=O)NC2CCSc3ccccc32)s1. The molecule has 0 spiro atoms. The summed E-state index contributed by atoms with van der Waals surface area (Å²) in [5.74, 6) is 1.11. The Balaban J connectivity index is 1.79. The number of rotatable bonds is 2. The van der Waals surface area contributed by atoms with Gasteiger partial charge >= 0.3 is 0 Å². The molecule has 0 radical (unpaired) electrons. The summed E-state index contributed by atoms with van der Waals surface area (Å²) in [6.45, 7) is 2.02. The van der Waals surface area contributed by atoms with Crippen molar-refractivity contribution in [2.75, 3.05) is 5.75 Å². The van der Waals surface area contributed by atoms with E-state index in [0.717, 1.165) is 17.1 Å². The van der Waals surface area contributed by atoms with E-state index in [1.54, 1.807) is 11.3 Å². The fraction of sp³-hybridized carbons (Fsp3) is 0.267. The van der Waals surface area contributed by atoms with E-state index in [-0.39, 0.29) is 11.9 Å². The largest absolute Gasteiger partial charge is 0.344 e. The molecule has 1 amide bonds. The van der Waals surface area contributed by atoms with Crippen LogP contribution >= 0.6 is 23.1 Å². The fourth-order valence-electron chi connectivity index (χ4n) is 2.28. The summed E-state index contributed by atoms with van der Waals surface area (Å²) in [4.78, 5) is 15.5. The lowest BCUT2D eigenvalue weighted by Crippen LogP contribution is -2.30. The van der Waals surface area contributed by atoms with Gasteiger partial charge in [0.05, 0.1) is 10.9 Å². The first-order valence-corrected chi connectivity index (χ1v) is 8.13. The van der Waals surface area contributed by atoms with Gasteiger partial charge in [0.2, 0.25) is 0 Å². The zero-order chi connectivity index (χ0) is 13.2. The van der Waals surface area contributed by atoms with Gasteiger partial charge in [0, 0.05) is 15.5 Å². The van der Waals surface area contributed by atoms with Gasteiger partial charge in [-0.2, -0.15) is 0 Å². The molecule has 2 nitrogen and oxygen atoms in total. The number of hydrogen-bond donors (Lipinski definition) is 1. The van der Waals surface area contributed by atoms with Gasteiger partial charge in [-0.25, -0.2) is 0 Å². The Hall–Kier alpha value is -1.26. The maximum Gasteiger partial charge on any atom is 0.261 e. The van der Waals surface area contributed by atoms with E-state index in [9.17, 15) is 4.79 Å². The molecule has 1 aliphatic heterocycles. The Morgan fingerprint density at radius 1 is 1.26 bits per heavy atom. The third kappa shape index (κ3) is 2.69. The van der Waals surface area contributed by atoms with Crippen molar-refractivity contribution in [3.63, 3.8) is 0 Å². The number of hydrogen-bond acceptors (Lipinski definition) is 3. The molecule has 0 bridgehead atoms. The normalized spacial score (nSPS) is 17.8. The van der Waals surface area contributed by atoms with E-state index in [4.69, 9.17) is 0 Å². The van der Waals surface area contributed by atoms with Crippen molar-refractivity contribution < 1.29 is 4.79 Å². The highest BCUT2D eigenvalue weighted by Gasteiger charge is 2.22. The number of fused-ring (bicyclic) bond motifs is 1. The third-order valence-electron chi connectivity index (χ3n) is 3.23. The number of nitrogens with one attached hydrogen (secondary N) is 1. The van der Waals surface area contributed by atoms with Crippen molar-refractivity contribution in [3.05, 3.63) is 51.7 Å². The summed E-state index contributed by atoms with van der Waals surface area (Å²) in [6, 6.07) is 12.4. The molecular weight excluding hydrogens is 274 g/mol. The standard InChI is InChI=1S/C15H15NOS2/c1-10-6-7-14(19-10)15(17)16-12-8-9-18-13-5-3-2-4-11(12)13/h2-7,12H,8-9H2,1H3,(H,16,17). The Morgan fingerprint density at radius 2 is 2.11 bits per heavy atom. The number of benzene rings is 1. The Kier molecular flexibility index (Phi) is 3.62. The van der Waals surface area contributed by atoms with Crippen LogP contribution in [0.15, 0.2) is 41.3 Å². The summed E-state index contributed by atoms with van der Waals surface area (Å²) in [6.07, 6.45) is 0.998. The number of thiophene rings is 1. The van der Waals surface area contributed by atoms with Gasteiger partial charge in [0.15, 0.2) is 0 Å². The second-order valence-corrected chi connectivity index (χ2v) is 7.04. The Labute approximate surface area is 121 Å². The molecule has 0 aliphatic carbocycles. The summed E-state index contributed by atoms with van der Waals surface area (Å²) < 4.78 is 0. The molecule has 1 atom stereocenters. The van der Waals surface area contributed by atoms with Crippen molar-refractivity contribution in [1.82, 2.24) is 5.32 Å². The van der Waals surface area contributed by atoms with Crippen molar-refractivity contribution >= 4 is 29.0 Å². The van der Waals surface area contributed by atoms with Crippen LogP contribution in [0.1, 0.15) is 32.6 Å². The molecule has 19 heavy (non-hydrogen) atoms. The first kappa shape index (κ1) is 12.8. The minimum Gasteiger partial charge on any atom is -0.344 e. The Bertz CT molecular complexity index is 606. The zero-order valence-corrected chi connectivity index (χ0v) is 12.3. The molecule has 1 aromatic heterocycles. The number of thioether (sulfide) groups is 1. The third-order valence-corrected chi connectivity index (χ3v) is 5.35. The monoisotopic (exact) mass is 289 g/mol. The van der Waals surface area contributed by atoms with Crippen LogP contribution in [0.4, 0.5) is 0 Å². The topological polar surface area (TPSA) is 29.1 Å². The van der Waals surface area contributed by atoms with Crippen LogP contribution in [0.5, 0.6) is 0 Å². The molecule has 2 aromatic rings. The highest BCUT2D eigenvalue weighted by molar-refractivity contribution is 7.99. The van der Waals surface area contributed by atoms with Gasteiger partial charge in [-0.1, -0.05) is 18.2 Å². The van der Waals surface area contributed by atoms with Gasteiger partial charge < -0.3 is 5.32 Å². The van der Waals surface area contributed by atoms with Gasteiger partial charge in [-0.05, 0) is 37.1 Å². The highest BCUT2D eigenvalue weighted by Crippen LogP contribution is 2.36. The van der Waals surface area contributed by atoms with Crippen molar-refractivity contribution in [2.24, 2.45) is 0 Å². The second-order valence-electron chi connectivity index (χ2n) is 4.61. The van der Waals surface area contributed by atoms with Crippen LogP contribution in [0.3, 0.4) is 0 Å². The Morgan fingerprint density at radius 3 is 2.89 bits per heavy atom. The van der Waals surface area contributed by atoms with E-state index in [1.165, 1.54) is 15.3 Å². The highest BCUT2D eigenvalue weighted by atomic mass is 32.2. The average Bonchev–Trinajstić information content (AvgIpc) is 2.86. The quantitative estimate of drug-likeness (QED) is 0.904. The summed E-state index contributed by atoms with van der Waals surface area (Å²) in [5, 5.41) is 3.16. The van der Waals surface area contributed by atoms with Crippen molar-refractivity contribution in [2.45, 2.75) is 24.3 Å². The van der Waals surface area contributed by atoms with Crippen molar-refractivity contribution in [3.8, 4) is 0 Å². The van der Waals surface area contributed by atoms with Gasteiger partial charge in [0.25, 0.3) is 5.91 Å². The number of carbonyl (C=O) groups is 1. The molecule has 4 heteroatoms. The number of carbonyl (C=O) groups excluding carboxylic acids is 1. The van der Waals surface area contributed by atoms with Crippen molar-refractivity contribution in [1.29, 1.82) is 0 Å². The molecular formula is C15H15NOS2. The van der Waals surface area contributed by atoms with Crippen LogP contribution in [0.2, 0.25) is 0 Å². The van der Waals surface area contributed by atoms with Crippen LogP contribution < -0.4 is 5.32 Å². The smallest absolute Gasteiger partial charge is 0.261 e. The molecule has 3 rings (SSSR count).